The fourth-order valence-electron chi connectivity index (χ4n) is 1.45. The molecule has 0 aliphatic carbocycles. The predicted molar refractivity (Wildman–Crippen MR) is 76.1 cm³/mol. The number of halogens is 1. The number of rotatable bonds is 7. The van der Waals surface area contributed by atoms with Crippen molar-refractivity contribution in [1.82, 2.24) is 10.6 Å². The summed E-state index contributed by atoms with van der Waals surface area (Å²) in [6.45, 7) is 0.385. The Morgan fingerprint density at radius 3 is 2.24 bits per heavy atom. The molecule has 21 heavy (non-hydrogen) atoms. The molecule has 0 aromatic heterocycles. The van der Waals surface area contributed by atoms with E-state index in [1.54, 1.807) is 0 Å². The Labute approximate surface area is 122 Å². The van der Waals surface area contributed by atoms with E-state index in [0.29, 0.717) is 5.56 Å². The second kappa shape index (κ2) is 7.72. The molecule has 0 heterocycles. The Hall–Kier alpha value is -1.96. The molecule has 0 saturated heterocycles. The molecular formula is C13H17FN2O4S. The van der Waals surface area contributed by atoms with Gasteiger partial charge in [0.25, 0.3) is 5.91 Å². The van der Waals surface area contributed by atoms with E-state index in [2.05, 4.69) is 10.6 Å². The van der Waals surface area contributed by atoms with Gasteiger partial charge in [-0.25, -0.2) is 12.8 Å². The highest BCUT2D eigenvalue weighted by molar-refractivity contribution is 7.90. The summed E-state index contributed by atoms with van der Waals surface area (Å²) in [5.41, 5.74) is 0.319. The van der Waals surface area contributed by atoms with Gasteiger partial charge in [-0.3, -0.25) is 9.59 Å². The van der Waals surface area contributed by atoms with Crippen LogP contribution in [0.3, 0.4) is 0 Å². The van der Waals surface area contributed by atoms with E-state index in [-0.39, 0.29) is 31.2 Å². The van der Waals surface area contributed by atoms with Crippen molar-refractivity contribution in [2.75, 3.05) is 25.1 Å². The highest BCUT2D eigenvalue weighted by Gasteiger charge is 2.08. The van der Waals surface area contributed by atoms with Gasteiger partial charge in [0.15, 0.2) is 0 Å². The fraction of sp³-hybridized carbons (Fsp3) is 0.385. The number of amides is 2. The SMILES string of the molecule is CS(=O)(=O)CCC(=O)NCCNC(=O)c1ccc(F)cc1. The molecule has 0 aliphatic heterocycles. The van der Waals surface area contributed by atoms with Gasteiger partial charge in [0.05, 0.1) is 5.75 Å². The highest BCUT2D eigenvalue weighted by atomic mass is 32.2. The molecule has 1 rings (SSSR count). The number of carbonyl (C=O) groups excluding carboxylic acids is 2. The van der Waals surface area contributed by atoms with E-state index < -0.39 is 21.6 Å². The van der Waals surface area contributed by atoms with Crippen molar-refractivity contribution in [2.24, 2.45) is 0 Å². The first kappa shape index (κ1) is 17.1. The van der Waals surface area contributed by atoms with Gasteiger partial charge in [-0.15, -0.1) is 0 Å². The number of benzene rings is 1. The first-order valence-electron chi connectivity index (χ1n) is 6.26. The average Bonchev–Trinajstić information content (AvgIpc) is 2.41. The molecule has 0 unspecified atom stereocenters. The summed E-state index contributed by atoms with van der Waals surface area (Å²) in [5, 5.41) is 5.04. The summed E-state index contributed by atoms with van der Waals surface area (Å²) < 4.78 is 34.4. The number of carbonyl (C=O) groups is 2. The zero-order valence-electron chi connectivity index (χ0n) is 11.6. The molecule has 0 atom stereocenters. The van der Waals surface area contributed by atoms with Crippen molar-refractivity contribution in [3.05, 3.63) is 35.6 Å². The van der Waals surface area contributed by atoms with Crippen LogP contribution in [0.15, 0.2) is 24.3 Å². The molecule has 0 fully saturated rings. The minimum absolute atomic E-state index is 0.106. The van der Waals surface area contributed by atoms with Crippen molar-refractivity contribution < 1.29 is 22.4 Å². The van der Waals surface area contributed by atoms with Gasteiger partial charge in [-0.2, -0.15) is 0 Å². The van der Waals surface area contributed by atoms with Crippen LogP contribution in [-0.4, -0.2) is 45.3 Å². The third-order valence-electron chi connectivity index (χ3n) is 2.54. The first-order valence-corrected chi connectivity index (χ1v) is 8.32. The molecule has 0 radical (unpaired) electrons. The molecule has 2 amide bonds. The third-order valence-corrected chi connectivity index (χ3v) is 3.48. The Balaban J connectivity index is 2.23. The summed E-state index contributed by atoms with van der Waals surface area (Å²) >= 11 is 0. The number of sulfone groups is 1. The van der Waals surface area contributed by atoms with Crippen LogP contribution in [0.2, 0.25) is 0 Å². The molecule has 1 aromatic carbocycles. The minimum atomic E-state index is -3.16. The van der Waals surface area contributed by atoms with Crippen LogP contribution in [-0.2, 0) is 14.6 Å². The molecule has 0 saturated carbocycles. The van der Waals surface area contributed by atoms with E-state index in [1.165, 1.54) is 24.3 Å². The average molecular weight is 316 g/mol. The van der Waals surface area contributed by atoms with Crippen molar-refractivity contribution >= 4 is 21.7 Å². The van der Waals surface area contributed by atoms with Gasteiger partial charge >= 0.3 is 0 Å². The molecule has 0 bridgehead atoms. The summed E-state index contributed by atoms with van der Waals surface area (Å²) in [5.74, 6) is -1.40. The number of nitrogens with one attached hydrogen (secondary N) is 2. The maximum atomic E-state index is 12.7. The third kappa shape index (κ3) is 7.40. The number of hydrogen-bond donors (Lipinski definition) is 2. The van der Waals surface area contributed by atoms with Crippen LogP contribution >= 0.6 is 0 Å². The van der Waals surface area contributed by atoms with Crippen LogP contribution in [0.1, 0.15) is 16.8 Å². The van der Waals surface area contributed by atoms with Crippen molar-refractivity contribution in [1.29, 1.82) is 0 Å². The smallest absolute Gasteiger partial charge is 0.251 e. The van der Waals surface area contributed by atoms with Gasteiger partial charge < -0.3 is 10.6 Å². The molecule has 6 nitrogen and oxygen atoms in total. The lowest BCUT2D eigenvalue weighted by Crippen LogP contribution is -2.35. The topological polar surface area (TPSA) is 92.3 Å². The zero-order chi connectivity index (χ0) is 15.9. The van der Waals surface area contributed by atoms with E-state index >= 15 is 0 Å². The van der Waals surface area contributed by atoms with E-state index in [0.717, 1.165) is 6.26 Å². The van der Waals surface area contributed by atoms with Crippen LogP contribution in [0.4, 0.5) is 4.39 Å². The second-order valence-corrected chi connectivity index (χ2v) is 6.75. The Bertz CT molecular complexity index is 599. The minimum Gasteiger partial charge on any atom is -0.354 e. The van der Waals surface area contributed by atoms with E-state index in [4.69, 9.17) is 0 Å². The molecule has 1 aromatic rings. The van der Waals surface area contributed by atoms with Crippen molar-refractivity contribution in [3.63, 3.8) is 0 Å². The lowest BCUT2D eigenvalue weighted by Gasteiger charge is -2.07. The van der Waals surface area contributed by atoms with Crippen molar-refractivity contribution in [3.8, 4) is 0 Å². The monoisotopic (exact) mass is 316 g/mol. The second-order valence-electron chi connectivity index (χ2n) is 4.49. The summed E-state index contributed by atoms with van der Waals surface area (Å²) in [7, 11) is -3.16. The van der Waals surface area contributed by atoms with E-state index in [9.17, 15) is 22.4 Å². The normalized spacial score (nSPS) is 11.0. The first-order chi connectivity index (χ1) is 9.78. The van der Waals surface area contributed by atoms with E-state index in [1.807, 2.05) is 0 Å². The van der Waals surface area contributed by atoms with Gasteiger partial charge in [-0.1, -0.05) is 0 Å². The van der Waals surface area contributed by atoms with Gasteiger partial charge in [-0.05, 0) is 24.3 Å². The maximum absolute atomic E-state index is 12.7. The van der Waals surface area contributed by atoms with Gasteiger partial charge in [0.1, 0.15) is 15.7 Å². The van der Waals surface area contributed by atoms with Crippen molar-refractivity contribution in [2.45, 2.75) is 6.42 Å². The molecule has 116 valence electrons. The quantitative estimate of drug-likeness (QED) is 0.698. The summed E-state index contributed by atoms with van der Waals surface area (Å²) in [4.78, 5) is 22.9. The largest absolute Gasteiger partial charge is 0.354 e. The fourth-order valence-corrected chi connectivity index (χ4v) is 2.00. The lowest BCUT2D eigenvalue weighted by molar-refractivity contribution is -0.120. The maximum Gasteiger partial charge on any atom is 0.251 e. The standard InChI is InChI=1S/C13H17FN2O4S/c1-21(19,20)9-6-12(17)15-7-8-16-13(18)10-2-4-11(14)5-3-10/h2-5H,6-9H2,1H3,(H,15,17)(H,16,18). The van der Waals surface area contributed by atoms with Gasteiger partial charge in [0.2, 0.25) is 5.91 Å². The van der Waals surface area contributed by atoms with Crippen LogP contribution in [0, 0.1) is 5.82 Å². The molecule has 2 N–H and O–H groups in total. The van der Waals surface area contributed by atoms with Crippen LogP contribution in [0.5, 0.6) is 0 Å². The van der Waals surface area contributed by atoms with Crippen LogP contribution < -0.4 is 10.6 Å². The summed E-state index contributed by atoms with van der Waals surface area (Å²) in [6.07, 6.45) is 0.952. The molecule has 0 spiro atoms. The number of hydrogen-bond acceptors (Lipinski definition) is 4. The highest BCUT2D eigenvalue weighted by Crippen LogP contribution is 2.01. The molecular weight excluding hydrogens is 299 g/mol. The Morgan fingerprint density at radius 1 is 1.10 bits per heavy atom. The lowest BCUT2D eigenvalue weighted by atomic mass is 10.2. The predicted octanol–water partition coefficient (Wildman–Crippen LogP) is 0.106. The Kier molecular flexibility index (Phi) is 6.29. The van der Waals surface area contributed by atoms with Crippen LogP contribution in [0.25, 0.3) is 0 Å². The van der Waals surface area contributed by atoms with Gasteiger partial charge in [0, 0.05) is 31.3 Å². The molecule has 0 aliphatic rings. The Morgan fingerprint density at radius 2 is 1.67 bits per heavy atom. The molecule has 8 heteroatoms. The summed E-state index contributed by atoms with van der Waals surface area (Å²) in [6, 6.07) is 5.08. The zero-order valence-corrected chi connectivity index (χ0v) is 12.4.